The zero-order valence-corrected chi connectivity index (χ0v) is 17.8. The van der Waals surface area contributed by atoms with E-state index in [2.05, 4.69) is 33.7 Å². The number of allylic oxidation sites excluding steroid dienone is 1. The highest BCUT2D eigenvalue weighted by Gasteiger charge is 2.21. The van der Waals surface area contributed by atoms with Crippen LogP contribution in [-0.4, -0.2) is 35.3 Å². The van der Waals surface area contributed by atoms with Crippen molar-refractivity contribution >= 4 is 26.8 Å². The first-order chi connectivity index (χ1) is 12.5. The first kappa shape index (κ1) is 25.1. The Morgan fingerprint density at radius 3 is 2.38 bits per heavy atom. The molecule has 0 aliphatic carbocycles. The predicted octanol–water partition coefficient (Wildman–Crippen LogP) is 5.68. The van der Waals surface area contributed by atoms with Crippen LogP contribution in [0.4, 0.5) is 4.79 Å². The van der Waals surface area contributed by atoms with Crippen LogP contribution in [0.1, 0.15) is 84.0 Å². The summed E-state index contributed by atoms with van der Waals surface area (Å²) in [6, 6.07) is 0. The highest BCUT2D eigenvalue weighted by Crippen LogP contribution is 2.16. The van der Waals surface area contributed by atoms with Crippen molar-refractivity contribution in [3.63, 3.8) is 0 Å². The minimum atomic E-state index is -0.664. The van der Waals surface area contributed by atoms with Crippen molar-refractivity contribution in [2.24, 2.45) is 0 Å². The third-order valence-electron chi connectivity index (χ3n) is 4.29. The summed E-state index contributed by atoms with van der Waals surface area (Å²) < 4.78 is 9.79. The molecule has 0 bridgehead atoms. The van der Waals surface area contributed by atoms with E-state index in [1.807, 2.05) is 6.08 Å². The number of unbranched alkanes of at least 4 members (excludes halogenated alkanes) is 7. The van der Waals surface area contributed by atoms with Crippen molar-refractivity contribution in [2.75, 3.05) is 7.11 Å². The third-order valence-corrected chi connectivity index (χ3v) is 4.48. The molecule has 1 N–H and O–H groups in total. The van der Waals surface area contributed by atoms with Gasteiger partial charge < -0.3 is 14.6 Å². The largest absolute Gasteiger partial charge is 0.469 e. The van der Waals surface area contributed by atoms with Crippen molar-refractivity contribution in [3.8, 4) is 0 Å². The van der Waals surface area contributed by atoms with E-state index in [-0.39, 0.29) is 5.97 Å². The van der Waals surface area contributed by atoms with Crippen LogP contribution in [0.2, 0.25) is 0 Å². The van der Waals surface area contributed by atoms with Gasteiger partial charge in [-0.2, -0.15) is 0 Å². The standard InChI is InChI=1S/C20H35BrO5/c1-3-4-11-15-18(26-20(21)24)17(22)14-12-9-7-5-6-8-10-13-16-19(23)25-2/h9,12,17-18,22H,3-8,10-11,13-16H2,1-2H3/b12-9-. The van der Waals surface area contributed by atoms with E-state index in [4.69, 9.17) is 4.74 Å². The lowest BCUT2D eigenvalue weighted by atomic mass is 10.0. The molecular formula is C20H35BrO5. The van der Waals surface area contributed by atoms with E-state index in [0.717, 1.165) is 57.8 Å². The van der Waals surface area contributed by atoms with Crippen molar-refractivity contribution in [3.05, 3.63) is 12.2 Å². The lowest BCUT2D eigenvalue weighted by Crippen LogP contribution is -2.29. The van der Waals surface area contributed by atoms with Gasteiger partial charge in [0.25, 0.3) is 0 Å². The fourth-order valence-electron chi connectivity index (χ4n) is 2.71. The molecule has 0 saturated carbocycles. The van der Waals surface area contributed by atoms with Crippen LogP contribution in [-0.2, 0) is 14.3 Å². The second-order valence-corrected chi connectivity index (χ2v) is 7.19. The van der Waals surface area contributed by atoms with Crippen molar-refractivity contribution in [1.82, 2.24) is 0 Å². The summed E-state index contributed by atoms with van der Waals surface area (Å²) in [5.41, 5.74) is 0. The fourth-order valence-corrected chi connectivity index (χ4v) is 2.95. The summed E-state index contributed by atoms with van der Waals surface area (Å²) in [5.74, 6) is -0.134. The molecule has 5 nitrogen and oxygen atoms in total. The Morgan fingerprint density at radius 2 is 1.73 bits per heavy atom. The molecule has 2 atom stereocenters. The van der Waals surface area contributed by atoms with Crippen LogP contribution >= 0.6 is 15.9 Å². The Bertz CT molecular complexity index is 398. The first-order valence-electron chi connectivity index (χ1n) is 9.77. The SMILES string of the molecule is CCCCCC(OC(=O)Br)C(O)C/C=C\CCCCCCCC(=O)OC. The number of aliphatic hydroxyl groups excluding tert-OH is 1. The fraction of sp³-hybridized carbons (Fsp3) is 0.800. The number of hydrogen-bond donors (Lipinski definition) is 1. The molecule has 0 aromatic heterocycles. The minimum absolute atomic E-state index is 0.134. The van der Waals surface area contributed by atoms with E-state index < -0.39 is 17.1 Å². The van der Waals surface area contributed by atoms with E-state index in [1.165, 1.54) is 7.11 Å². The van der Waals surface area contributed by atoms with Gasteiger partial charge in [-0.05, 0) is 38.5 Å². The van der Waals surface area contributed by atoms with Gasteiger partial charge in [-0.3, -0.25) is 4.79 Å². The van der Waals surface area contributed by atoms with Crippen molar-refractivity contribution < 1.29 is 24.2 Å². The predicted molar refractivity (Wildman–Crippen MR) is 107 cm³/mol. The maximum Gasteiger partial charge on any atom is 0.374 e. The Balaban J connectivity index is 3.81. The average molecular weight is 435 g/mol. The summed E-state index contributed by atoms with van der Waals surface area (Å²) in [4.78, 5) is 21.6. The van der Waals surface area contributed by atoms with Crippen LogP contribution in [0.25, 0.3) is 0 Å². The third kappa shape index (κ3) is 15.4. The number of esters is 1. The molecule has 2 unspecified atom stereocenters. The first-order valence-corrected chi connectivity index (χ1v) is 10.6. The van der Waals surface area contributed by atoms with Gasteiger partial charge in [0.1, 0.15) is 6.10 Å². The highest BCUT2D eigenvalue weighted by molar-refractivity contribution is 9.18. The molecule has 0 spiro atoms. The monoisotopic (exact) mass is 434 g/mol. The minimum Gasteiger partial charge on any atom is -0.469 e. The van der Waals surface area contributed by atoms with Gasteiger partial charge in [0, 0.05) is 22.4 Å². The molecule has 6 heteroatoms. The molecule has 0 aliphatic heterocycles. The van der Waals surface area contributed by atoms with E-state index in [1.54, 1.807) is 0 Å². The molecule has 0 amide bonds. The lowest BCUT2D eigenvalue weighted by Gasteiger charge is -2.21. The number of carbonyl (C=O) groups is 2. The summed E-state index contributed by atoms with van der Waals surface area (Å²) in [7, 11) is 1.42. The van der Waals surface area contributed by atoms with E-state index >= 15 is 0 Å². The number of rotatable bonds is 16. The molecule has 0 aromatic carbocycles. The van der Waals surface area contributed by atoms with Crippen LogP contribution in [0, 0.1) is 0 Å². The second kappa shape index (κ2) is 17.5. The van der Waals surface area contributed by atoms with Crippen LogP contribution in [0.15, 0.2) is 12.2 Å². The molecule has 26 heavy (non-hydrogen) atoms. The smallest absolute Gasteiger partial charge is 0.374 e. The quantitative estimate of drug-likeness (QED) is 0.146. The molecule has 0 aromatic rings. The lowest BCUT2D eigenvalue weighted by molar-refractivity contribution is -0.140. The molecular weight excluding hydrogens is 400 g/mol. The number of hydrogen-bond acceptors (Lipinski definition) is 5. The molecule has 0 saturated heterocycles. The van der Waals surface area contributed by atoms with Crippen LogP contribution in [0.5, 0.6) is 0 Å². The zero-order valence-electron chi connectivity index (χ0n) is 16.3. The number of methoxy groups -OCH3 is 1. The summed E-state index contributed by atoms with van der Waals surface area (Å²) in [6.07, 6.45) is 14.0. The molecule has 0 rings (SSSR count). The van der Waals surface area contributed by atoms with Gasteiger partial charge in [0.2, 0.25) is 0 Å². The van der Waals surface area contributed by atoms with Crippen LogP contribution in [0.3, 0.4) is 0 Å². The molecule has 152 valence electrons. The van der Waals surface area contributed by atoms with Gasteiger partial charge in [0.15, 0.2) is 0 Å². The molecule has 0 heterocycles. The Labute approximate surface area is 166 Å². The van der Waals surface area contributed by atoms with Gasteiger partial charge in [-0.1, -0.05) is 51.2 Å². The summed E-state index contributed by atoms with van der Waals surface area (Å²) in [5, 5.41) is 10.2. The van der Waals surface area contributed by atoms with E-state index in [9.17, 15) is 14.7 Å². The van der Waals surface area contributed by atoms with Crippen molar-refractivity contribution in [2.45, 2.75) is 96.2 Å². The number of aliphatic hydroxyl groups is 1. The Kier molecular flexibility index (Phi) is 16.9. The van der Waals surface area contributed by atoms with Gasteiger partial charge >= 0.3 is 10.8 Å². The highest BCUT2D eigenvalue weighted by atomic mass is 79.9. The summed E-state index contributed by atoms with van der Waals surface area (Å²) in [6.45, 7) is 2.11. The number of carbonyl (C=O) groups excluding carboxylic acids is 2. The maximum absolute atomic E-state index is 11.1. The van der Waals surface area contributed by atoms with E-state index in [0.29, 0.717) is 19.3 Å². The number of halogens is 1. The van der Waals surface area contributed by atoms with Crippen LogP contribution < -0.4 is 0 Å². The molecule has 0 aliphatic rings. The normalized spacial score (nSPS) is 13.5. The second-order valence-electron chi connectivity index (χ2n) is 6.55. The maximum atomic E-state index is 11.1. The van der Waals surface area contributed by atoms with Gasteiger partial charge in [-0.15, -0.1) is 0 Å². The zero-order chi connectivity index (χ0) is 19.6. The van der Waals surface area contributed by atoms with Gasteiger partial charge in [-0.25, -0.2) is 4.79 Å². The number of ether oxygens (including phenoxy) is 2. The topological polar surface area (TPSA) is 72.8 Å². The molecule has 0 radical (unpaired) electrons. The summed E-state index contributed by atoms with van der Waals surface area (Å²) >= 11 is 2.78. The Hall–Kier alpha value is -0.880. The molecule has 0 fully saturated rings. The average Bonchev–Trinajstić information content (AvgIpc) is 2.61. The Morgan fingerprint density at radius 1 is 1.04 bits per heavy atom. The van der Waals surface area contributed by atoms with Gasteiger partial charge in [0.05, 0.1) is 13.2 Å². The van der Waals surface area contributed by atoms with Crippen molar-refractivity contribution in [1.29, 1.82) is 0 Å².